The maximum atomic E-state index is 12.8. The Kier molecular flexibility index (Phi) is 6.14. The monoisotopic (exact) mass is 421 g/mol. The van der Waals surface area contributed by atoms with E-state index >= 15 is 0 Å². The van der Waals surface area contributed by atoms with Crippen molar-refractivity contribution in [3.05, 3.63) is 30.2 Å². The van der Waals surface area contributed by atoms with Gasteiger partial charge in [0.1, 0.15) is 5.75 Å². The number of piperazine rings is 1. The van der Waals surface area contributed by atoms with Crippen LogP contribution < -0.4 is 4.74 Å². The van der Waals surface area contributed by atoms with Crippen LogP contribution in [0.15, 0.2) is 28.8 Å². The van der Waals surface area contributed by atoms with Gasteiger partial charge in [-0.2, -0.15) is 22.0 Å². The van der Waals surface area contributed by atoms with E-state index in [0.717, 1.165) is 30.6 Å². The molecule has 2 fully saturated rings. The van der Waals surface area contributed by atoms with Crippen LogP contribution in [0.4, 0.5) is 0 Å². The Morgan fingerprint density at radius 2 is 1.62 bits per heavy atom. The van der Waals surface area contributed by atoms with Crippen LogP contribution >= 0.6 is 0 Å². The maximum absolute atomic E-state index is 12.8. The smallest absolute Gasteiger partial charge is 0.282 e. The number of piperidine rings is 1. The molecule has 4 rings (SSSR count). The second-order valence-corrected chi connectivity index (χ2v) is 9.31. The molecular formula is C19H27N5O4S. The lowest BCUT2D eigenvalue weighted by Crippen LogP contribution is -2.53. The van der Waals surface area contributed by atoms with Gasteiger partial charge in [0, 0.05) is 44.8 Å². The van der Waals surface area contributed by atoms with Gasteiger partial charge in [0.2, 0.25) is 11.7 Å². The molecule has 1 aromatic heterocycles. The lowest BCUT2D eigenvalue weighted by Gasteiger charge is -2.37. The molecule has 2 aromatic rings. The van der Waals surface area contributed by atoms with Crippen molar-refractivity contribution >= 4 is 10.2 Å². The highest BCUT2D eigenvalue weighted by Crippen LogP contribution is 2.21. The van der Waals surface area contributed by atoms with E-state index in [1.807, 2.05) is 24.3 Å². The summed E-state index contributed by atoms with van der Waals surface area (Å²) in [5.74, 6) is 1.84. The quantitative estimate of drug-likeness (QED) is 0.699. The maximum Gasteiger partial charge on any atom is 0.282 e. The summed E-state index contributed by atoms with van der Waals surface area (Å²) in [5, 5.41) is 4.06. The first kappa shape index (κ1) is 20.3. The average molecular weight is 422 g/mol. The van der Waals surface area contributed by atoms with Gasteiger partial charge in [0.05, 0.1) is 13.7 Å². The highest BCUT2D eigenvalue weighted by atomic mass is 32.2. The zero-order valence-electron chi connectivity index (χ0n) is 16.7. The molecule has 0 amide bonds. The van der Waals surface area contributed by atoms with Gasteiger partial charge in [-0.3, -0.25) is 4.90 Å². The summed E-state index contributed by atoms with van der Waals surface area (Å²) >= 11 is 0. The highest BCUT2D eigenvalue weighted by Gasteiger charge is 2.33. The number of hydrogen-bond acceptors (Lipinski definition) is 7. The number of benzene rings is 1. The minimum Gasteiger partial charge on any atom is -0.497 e. The van der Waals surface area contributed by atoms with Crippen LogP contribution in [0.5, 0.6) is 5.75 Å². The topological polar surface area (TPSA) is 92.0 Å². The van der Waals surface area contributed by atoms with Crippen molar-refractivity contribution in [2.24, 2.45) is 0 Å². The molecule has 0 N–H and O–H groups in total. The first-order chi connectivity index (χ1) is 14.1. The summed E-state index contributed by atoms with van der Waals surface area (Å²) in [6, 6.07) is 7.48. The summed E-state index contributed by atoms with van der Waals surface area (Å²) in [5.41, 5.74) is 0.859. The van der Waals surface area contributed by atoms with Gasteiger partial charge < -0.3 is 9.26 Å². The van der Waals surface area contributed by atoms with Crippen LogP contribution in [0.25, 0.3) is 11.4 Å². The molecule has 10 heteroatoms. The number of ether oxygens (including phenoxy) is 1. The Morgan fingerprint density at radius 1 is 0.966 bits per heavy atom. The third-order valence-electron chi connectivity index (χ3n) is 5.47. The summed E-state index contributed by atoms with van der Waals surface area (Å²) in [6.45, 7) is 4.05. The van der Waals surface area contributed by atoms with E-state index in [-0.39, 0.29) is 0 Å². The molecule has 2 aliphatic rings. The minimum absolute atomic E-state index is 0.484. The molecule has 0 aliphatic carbocycles. The fourth-order valence-corrected chi connectivity index (χ4v) is 5.42. The van der Waals surface area contributed by atoms with Crippen LogP contribution in [0, 0.1) is 0 Å². The SMILES string of the molecule is COc1ccc(-c2noc(CN3CCN(S(=O)(=O)N4CCCCC4)CC3)n2)cc1. The van der Waals surface area contributed by atoms with Gasteiger partial charge in [-0.1, -0.05) is 11.6 Å². The largest absolute Gasteiger partial charge is 0.497 e. The van der Waals surface area contributed by atoms with Gasteiger partial charge in [0.25, 0.3) is 10.2 Å². The molecule has 0 atom stereocenters. The fraction of sp³-hybridized carbons (Fsp3) is 0.579. The second kappa shape index (κ2) is 8.78. The second-order valence-electron chi connectivity index (χ2n) is 7.38. The molecule has 158 valence electrons. The van der Waals surface area contributed by atoms with E-state index in [9.17, 15) is 8.42 Å². The van der Waals surface area contributed by atoms with E-state index in [1.165, 1.54) is 0 Å². The third-order valence-corrected chi connectivity index (χ3v) is 7.51. The molecule has 0 saturated carbocycles. The number of rotatable bonds is 6. The Hall–Kier alpha value is -2.01. The predicted molar refractivity (Wildman–Crippen MR) is 107 cm³/mol. The van der Waals surface area contributed by atoms with Crippen molar-refractivity contribution in [2.75, 3.05) is 46.4 Å². The number of aromatic nitrogens is 2. The lowest BCUT2D eigenvalue weighted by atomic mass is 10.2. The molecule has 3 heterocycles. The van der Waals surface area contributed by atoms with Gasteiger partial charge in [0.15, 0.2) is 0 Å². The molecule has 0 unspecified atom stereocenters. The van der Waals surface area contributed by atoms with E-state index < -0.39 is 10.2 Å². The molecule has 0 radical (unpaired) electrons. The van der Waals surface area contributed by atoms with Crippen molar-refractivity contribution in [2.45, 2.75) is 25.8 Å². The normalized spacial score (nSPS) is 20.0. The molecule has 9 nitrogen and oxygen atoms in total. The van der Waals surface area contributed by atoms with Crippen molar-refractivity contribution in [1.82, 2.24) is 23.7 Å². The number of hydrogen-bond donors (Lipinski definition) is 0. The molecular weight excluding hydrogens is 394 g/mol. The molecule has 2 saturated heterocycles. The summed E-state index contributed by atoms with van der Waals surface area (Å²) < 4.78 is 39.4. The Balaban J connectivity index is 1.32. The first-order valence-corrected chi connectivity index (χ1v) is 11.4. The summed E-state index contributed by atoms with van der Waals surface area (Å²) in [4.78, 5) is 6.62. The highest BCUT2D eigenvalue weighted by molar-refractivity contribution is 7.86. The summed E-state index contributed by atoms with van der Waals surface area (Å²) in [7, 11) is -1.72. The van der Waals surface area contributed by atoms with Crippen LogP contribution in [-0.2, 0) is 16.8 Å². The van der Waals surface area contributed by atoms with Gasteiger partial charge >= 0.3 is 0 Å². The van der Waals surface area contributed by atoms with Crippen LogP contribution in [0.2, 0.25) is 0 Å². The molecule has 0 bridgehead atoms. The molecule has 0 spiro atoms. The van der Waals surface area contributed by atoms with E-state index in [4.69, 9.17) is 9.26 Å². The zero-order chi connectivity index (χ0) is 20.3. The molecule has 29 heavy (non-hydrogen) atoms. The van der Waals surface area contributed by atoms with Crippen LogP contribution in [-0.4, -0.2) is 78.4 Å². The minimum atomic E-state index is -3.34. The van der Waals surface area contributed by atoms with Crippen molar-refractivity contribution in [3.8, 4) is 17.1 Å². The van der Waals surface area contributed by atoms with Gasteiger partial charge in [-0.25, -0.2) is 0 Å². The first-order valence-electron chi connectivity index (χ1n) is 10.0. The fourth-order valence-electron chi connectivity index (χ4n) is 3.74. The Morgan fingerprint density at radius 3 is 2.28 bits per heavy atom. The predicted octanol–water partition coefficient (Wildman–Crippen LogP) is 1.59. The van der Waals surface area contributed by atoms with Gasteiger partial charge in [-0.05, 0) is 37.1 Å². The third kappa shape index (κ3) is 4.61. The Labute approximate surface area is 171 Å². The zero-order valence-corrected chi connectivity index (χ0v) is 17.5. The number of methoxy groups -OCH3 is 1. The van der Waals surface area contributed by atoms with Crippen molar-refractivity contribution in [3.63, 3.8) is 0 Å². The standard InChI is InChI=1S/C19H27N5O4S/c1-27-17-7-5-16(6-8-17)19-20-18(28-21-19)15-22-11-13-24(14-12-22)29(25,26)23-9-3-2-4-10-23/h5-8H,2-4,9-15H2,1H3. The lowest BCUT2D eigenvalue weighted by molar-refractivity contribution is 0.157. The Bertz CT molecular complexity index is 901. The van der Waals surface area contributed by atoms with Crippen molar-refractivity contribution < 1.29 is 17.7 Å². The van der Waals surface area contributed by atoms with Crippen LogP contribution in [0.3, 0.4) is 0 Å². The van der Waals surface area contributed by atoms with Crippen molar-refractivity contribution in [1.29, 1.82) is 0 Å². The number of nitrogens with zero attached hydrogens (tertiary/aromatic N) is 5. The molecule has 2 aliphatic heterocycles. The average Bonchev–Trinajstić information content (AvgIpc) is 3.23. The van der Waals surface area contributed by atoms with E-state index in [2.05, 4.69) is 15.0 Å². The van der Waals surface area contributed by atoms with E-state index in [0.29, 0.717) is 57.5 Å². The molecule has 1 aromatic carbocycles. The summed E-state index contributed by atoms with van der Waals surface area (Å²) in [6.07, 6.45) is 3.02. The van der Waals surface area contributed by atoms with E-state index in [1.54, 1.807) is 15.7 Å². The van der Waals surface area contributed by atoms with Gasteiger partial charge in [-0.15, -0.1) is 0 Å². The van der Waals surface area contributed by atoms with Crippen LogP contribution in [0.1, 0.15) is 25.2 Å².